The second-order valence-electron chi connectivity index (χ2n) is 5.59. The second kappa shape index (κ2) is 7.63. The van der Waals surface area contributed by atoms with Crippen molar-refractivity contribution in [3.05, 3.63) is 35.4 Å². The summed E-state index contributed by atoms with van der Waals surface area (Å²) in [7, 11) is 0. The minimum absolute atomic E-state index is 0.285. The van der Waals surface area contributed by atoms with Crippen LogP contribution in [0.3, 0.4) is 0 Å². The van der Waals surface area contributed by atoms with Crippen molar-refractivity contribution in [1.82, 2.24) is 10.2 Å². The smallest absolute Gasteiger partial charge is 0.0443 e. The van der Waals surface area contributed by atoms with Crippen LogP contribution in [-0.4, -0.2) is 42.3 Å². The summed E-state index contributed by atoms with van der Waals surface area (Å²) in [5, 5.41) is 12.4. The highest BCUT2D eigenvalue weighted by Crippen LogP contribution is 2.14. The topological polar surface area (TPSA) is 35.5 Å². The first kappa shape index (κ1) is 14.5. The van der Waals surface area contributed by atoms with Gasteiger partial charge in [0.25, 0.3) is 0 Å². The normalized spacial score (nSPS) is 20.6. The number of aryl methyl sites for hydroxylation is 1. The number of aliphatic hydroxyl groups is 1. The fourth-order valence-electron chi connectivity index (χ4n) is 2.70. The van der Waals surface area contributed by atoms with Gasteiger partial charge in [-0.05, 0) is 44.8 Å². The zero-order valence-electron chi connectivity index (χ0n) is 11.9. The monoisotopic (exact) mass is 262 g/mol. The fraction of sp³-hybridized carbons (Fsp3) is 0.625. The third kappa shape index (κ3) is 4.94. The zero-order chi connectivity index (χ0) is 13.5. The van der Waals surface area contributed by atoms with Crippen LogP contribution < -0.4 is 5.32 Å². The molecule has 3 nitrogen and oxygen atoms in total. The number of hydrogen-bond donors (Lipinski definition) is 2. The second-order valence-corrected chi connectivity index (χ2v) is 5.59. The molecule has 106 valence electrons. The van der Waals surface area contributed by atoms with Crippen LogP contribution in [0.2, 0.25) is 0 Å². The first-order chi connectivity index (χ1) is 9.28. The molecule has 1 heterocycles. The third-order valence-electron chi connectivity index (χ3n) is 3.80. The lowest BCUT2D eigenvalue weighted by molar-refractivity contribution is 0.181. The van der Waals surface area contributed by atoms with Crippen LogP contribution in [0.25, 0.3) is 0 Å². The zero-order valence-corrected chi connectivity index (χ0v) is 11.9. The van der Waals surface area contributed by atoms with Crippen molar-refractivity contribution in [2.45, 2.75) is 38.8 Å². The lowest BCUT2D eigenvalue weighted by atomic mass is 10.0. The SMILES string of the molecule is Cc1ccc(CN2CCCC(NCCCO)C2)cc1. The molecule has 3 heteroatoms. The van der Waals surface area contributed by atoms with E-state index >= 15 is 0 Å². The quantitative estimate of drug-likeness (QED) is 0.769. The first-order valence-corrected chi connectivity index (χ1v) is 7.40. The molecule has 1 atom stereocenters. The molecule has 0 bridgehead atoms. The van der Waals surface area contributed by atoms with Gasteiger partial charge in [-0.3, -0.25) is 4.90 Å². The molecular weight excluding hydrogens is 236 g/mol. The van der Waals surface area contributed by atoms with Crippen LogP contribution >= 0.6 is 0 Å². The molecule has 2 rings (SSSR count). The highest BCUT2D eigenvalue weighted by molar-refractivity contribution is 5.21. The third-order valence-corrected chi connectivity index (χ3v) is 3.80. The van der Waals surface area contributed by atoms with Crippen LogP contribution in [0, 0.1) is 6.92 Å². The largest absolute Gasteiger partial charge is 0.396 e. The molecule has 0 amide bonds. The molecule has 19 heavy (non-hydrogen) atoms. The van der Waals surface area contributed by atoms with E-state index in [0.29, 0.717) is 6.04 Å². The van der Waals surface area contributed by atoms with Crippen molar-refractivity contribution in [3.8, 4) is 0 Å². The van der Waals surface area contributed by atoms with E-state index < -0.39 is 0 Å². The van der Waals surface area contributed by atoms with Crippen LogP contribution in [0.4, 0.5) is 0 Å². The van der Waals surface area contributed by atoms with Crippen LogP contribution in [0.1, 0.15) is 30.4 Å². The molecule has 0 aromatic heterocycles. The van der Waals surface area contributed by atoms with Gasteiger partial charge in [-0.15, -0.1) is 0 Å². The van der Waals surface area contributed by atoms with Crippen molar-refractivity contribution in [3.63, 3.8) is 0 Å². The number of rotatable bonds is 6. The molecule has 1 aromatic rings. The maximum absolute atomic E-state index is 8.81. The lowest BCUT2D eigenvalue weighted by Crippen LogP contribution is -2.45. The van der Waals surface area contributed by atoms with Crippen LogP contribution in [-0.2, 0) is 6.54 Å². The number of piperidine rings is 1. The number of nitrogens with zero attached hydrogens (tertiary/aromatic N) is 1. The number of hydrogen-bond acceptors (Lipinski definition) is 3. The Morgan fingerprint density at radius 2 is 2.11 bits per heavy atom. The molecule has 0 saturated carbocycles. The molecule has 0 aliphatic carbocycles. The van der Waals surface area contributed by atoms with Gasteiger partial charge >= 0.3 is 0 Å². The predicted molar refractivity (Wildman–Crippen MR) is 79.2 cm³/mol. The van der Waals surface area contributed by atoms with Gasteiger partial charge in [0.15, 0.2) is 0 Å². The van der Waals surface area contributed by atoms with Crippen molar-refractivity contribution in [2.75, 3.05) is 26.2 Å². The van der Waals surface area contributed by atoms with E-state index in [1.165, 1.54) is 30.5 Å². The first-order valence-electron chi connectivity index (χ1n) is 7.40. The van der Waals surface area contributed by atoms with Gasteiger partial charge in [0.2, 0.25) is 0 Å². The Kier molecular flexibility index (Phi) is 5.83. The Morgan fingerprint density at radius 1 is 1.32 bits per heavy atom. The summed E-state index contributed by atoms with van der Waals surface area (Å²) < 4.78 is 0. The minimum Gasteiger partial charge on any atom is -0.396 e. The number of benzene rings is 1. The predicted octanol–water partition coefficient (Wildman–Crippen LogP) is 1.93. The fourth-order valence-corrected chi connectivity index (χ4v) is 2.70. The van der Waals surface area contributed by atoms with E-state index in [4.69, 9.17) is 5.11 Å². The van der Waals surface area contributed by atoms with Crippen LogP contribution in [0.5, 0.6) is 0 Å². The molecule has 1 aliphatic heterocycles. The summed E-state index contributed by atoms with van der Waals surface area (Å²) in [5.41, 5.74) is 2.73. The van der Waals surface area contributed by atoms with E-state index in [0.717, 1.165) is 26.1 Å². The molecule has 2 N–H and O–H groups in total. The number of likely N-dealkylation sites (tertiary alicyclic amines) is 1. The number of nitrogens with one attached hydrogen (secondary N) is 1. The van der Waals surface area contributed by atoms with E-state index in [1.54, 1.807) is 0 Å². The van der Waals surface area contributed by atoms with Gasteiger partial charge in [0, 0.05) is 25.7 Å². The Morgan fingerprint density at radius 3 is 2.84 bits per heavy atom. The molecule has 0 spiro atoms. The highest BCUT2D eigenvalue weighted by Gasteiger charge is 2.19. The summed E-state index contributed by atoms with van der Waals surface area (Å²) >= 11 is 0. The maximum atomic E-state index is 8.81. The van der Waals surface area contributed by atoms with Crippen molar-refractivity contribution in [1.29, 1.82) is 0 Å². The molecule has 1 unspecified atom stereocenters. The van der Waals surface area contributed by atoms with Crippen molar-refractivity contribution in [2.24, 2.45) is 0 Å². The molecule has 1 aliphatic rings. The summed E-state index contributed by atoms with van der Waals surface area (Å²) in [4.78, 5) is 2.53. The molecule has 1 aromatic carbocycles. The molecule has 1 saturated heterocycles. The van der Waals surface area contributed by atoms with Gasteiger partial charge in [0.05, 0.1) is 0 Å². The Labute approximate surface area is 116 Å². The van der Waals surface area contributed by atoms with Crippen LogP contribution in [0.15, 0.2) is 24.3 Å². The van der Waals surface area contributed by atoms with Crippen molar-refractivity contribution >= 4 is 0 Å². The van der Waals surface area contributed by atoms with Gasteiger partial charge in [-0.1, -0.05) is 29.8 Å². The summed E-state index contributed by atoms with van der Waals surface area (Å²) in [6.07, 6.45) is 3.38. The van der Waals surface area contributed by atoms with Gasteiger partial charge < -0.3 is 10.4 Å². The average Bonchev–Trinajstić information content (AvgIpc) is 2.42. The summed E-state index contributed by atoms with van der Waals surface area (Å²) in [6.45, 7) is 6.72. The van der Waals surface area contributed by atoms with E-state index in [-0.39, 0.29) is 6.61 Å². The van der Waals surface area contributed by atoms with E-state index in [1.807, 2.05) is 0 Å². The summed E-state index contributed by atoms with van der Waals surface area (Å²) in [5.74, 6) is 0. The molecule has 0 radical (unpaired) electrons. The minimum atomic E-state index is 0.285. The summed E-state index contributed by atoms with van der Waals surface area (Å²) in [6, 6.07) is 9.44. The van der Waals surface area contributed by atoms with Crippen molar-refractivity contribution < 1.29 is 5.11 Å². The molecule has 1 fully saturated rings. The van der Waals surface area contributed by atoms with Gasteiger partial charge in [-0.25, -0.2) is 0 Å². The van der Waals surface area contributed by atoms with E-state index in [2.05, 4.69) is 41.4 Å². The maximum Gasteiger partial charge on any atom is 0.0443 e. The number of aliphatic hydroxyl groups excluding tert-OH is 1. The Bertz CT molecular complexity index is 364. The standard InChI is InChI=1S/C16H26N2O/c1-14-5-7-15(8-6-14)12-18-10-2-4-16(13-18)17-9-3-11-19/h5-8,16-17,19H,2-4,9-13H2,1H3. The van der Waals surface area contributed by atoms with E-state index in [9.17, 15) is 0 Å². The molecular formula is C16H26N2O. The Hall–Kier alpha value is -0.900. The van der Waals surface area contributed by atoms with Gasteiger partial charge in [0.1, 0.15) is 0 Å². The highest BCUT2D eigenvalue weighted by atomic mass is 16.3. The Balaban J connectivity index is 1.78. The average molecular weight is 262 g/mol. The van der Waals surface area contributed by atoms with Gasteiger partial charge in [-0.2, -0.15) is 0 Å². The lowest BCUT2D eigenvalue weighted by Gasteiger charge is -2.33.